The molecule has 1 aliphatic rings. The average molecular weight is 479 g/mol. The Kier molecular flexibility index (Phi) is 6.50. The average Bonchev–Trinajstić information content (AvgIpc) is 2.83. The van der Waals surface area contributed by atoms with Gasteiger partial charge < -0.3 is 10.1 Å². The molecule has 1 aliphatic carbocycles. The van der Waals surface area contributed by atoms with Gasteiger partial charge in [0.15, 0.2) is 0 Å². The smallest absolute Gasteiger partial charge is 0.225 e. The van der Waals surface area contributed by atoms with E-state index in [2.05, 4.69) is 33.3 Å². The van der Waals surface area contributed by atoms with Crippen molar-refractivity contribution < 1.29 is 9.13 Å². The Balaban J connectivity index is 1.25. The van der Waals surface area contributed by atoms with E-state index in [1.54, 1.807) is 19.2 Å². The van der Waals surface area contributed by atoms with Crippen LogP contribution in [0.2, 0.25) is 5.28 Å². The lowest BCUT2D eigenvalue weighted by molar-refractivity contribution is 0.302. The van der Waals surface area contributed by atoms with E-state index in [1.165, 1.54) is 11.6 Å². The van der Waals surface area contributed by atoms with Crippen molar-refractivity contribution in [3.8, 4) is 5.75 Å². The van der Waals surface area contributed by atoms with Crippen molar-refractivity contribution in [2.24, 2.45) is 5.92 Å². The second kappa shape index (κ2) is 9.71. The first-order valence-corrected chi connectivity index (χ1v) is 12.2. The Hall–Kier alpha value is -2.99. The number of para-hydroxylation sites is 1. The number of aromatic nitrogens is 3. The third-order valence-electron chi connectivity index (χ3n) is 6.98. The first-order valence-electron chi connectivity index (χ1n) is 11.8. The van der Waals surface area contributed by atoms with Gasteiger partial charge in [-0.25, -0.2) is 14.4 Å². The number of rotatable bonds is 6. The molecule has 0 aliphatic heterocycles. The maximum Gasteiger partial charge on any atom is 0.225 e. The van der Waals surface area contributed by atoms with Crippen molar-refractivity contribution in [2.75, 3.05) is 12.4 Å². The van der Waals surface area contributed by atoms with Crippen molar-refractivity contribution >= 4 is 39.2 Å². The summed E-state index contributed by atoms with van der Waals surface area (Å²) >= 11 is 6.21. The molecule has 1 atom stereocenters. The van der Waals surface area contributed by atoms with Crippen molar-refractivity contribution in [3.63, 3.8) is 0 Å². The summed E-state index contributed by atoms with van der Waals surface area (Å²) in [5.74, 6) is 2.29. The van der Waals surface area contributed by atoms with Gasteiger partial charge in [-0.2, -0.15) is 0 Å². The minimum atomic E-state index is -0.203. The molecule has 2 heterocycles. The fraction of sp³-hybridized carbons (Fsp3) is 0.370. The molecule has 5 rings (SSSR count). The molecule has 1 saturated carbocycles. The highest BCUT2D eigenvalue weighted by Crippen LogP contribution is 2.40. The van der Waals surface area contributed by atoms with Crippen LogP contribution in [0, 0.1) is 11.7 Å². The van der Waals surface area contributed by atoms with Crippen LogP contribution in [0.25, 0.3) is 21.8 Å². The van der Waals surface area contributed by atoms with Gasteiger partial charge in [-0.05, 0) is 104 Å². The molecule has 0 radical (unpaired) electrons. The zero-order chi connectivity index (χ0) is 23.7. The predicted octanol–water partition coefficient (Wildman–Crippen LogP) is 7.14. The lowest BCUT2D eigenvalue weighted by Crippen LogP contribution is -2.23. The number of pyridine rings is 1. The van der Waals surface area contributed by atoms with Gasteiger partial charge in [0.05, 0.1) is 12.6 Å². The van der Waals surface area contributed by atoms with Crippen LogP contribution in [0.15, 0.2) is 48.7 Å². The first-order chi connectivity index (χ1) is 16.5. The summed E-state index contributed by atoms with van der Waals surface area (Å²) in [4.78, 5) is 13.2. The maximum absolute atomic E-state index is 13.9. The van der Waals surface area contributed by atoms with E-state index >= 15 is 0 Å². The number of hydrogen-bond donors (Lipinski definition) is 1. The lowest BCUT2D eigenvalue weighted by atomic mass is 9.76. The Labute approximate surface area is 203 Å². The second-order valence-electron chi connectivity index (χ2n) is 9.26. The van der Waals surface area contributed by atoms with Crippen molar-refractivity contribution in [2.45, 2.75) is 51.0 Å². The molecule has 2 aromatic heterocycles. The molecule has 0 amide bonds. The van der Waals surface area contributed by atoms with Gasteiger partial charge in [-0.15, -0.1) is 0 Å². The zero-order valence-corrected chi connectivity index (χ0v) is 20.1. The summed E-state index contributed by atoms with van der Waals surface area (Å²) < 4.78 is 19.3. The predicted molar refractivity (Wildman–Crippen MR) is 135 cm³/mol. The monoisotopic (exact) mass is 478 g/mol. The zero-order valence-electron chi connectivity index (χ0n) is 19.4. The Morgan fingerprint density at radius 2 is 1.91 bits per heavy atom. The van der Waals surface area contributed by atoms with Gasteiger partial charge in [0, 0.05) is 23.0 Å². The molecule has 34 heavy (non-hydrogen) atoms. The molecule has 176 valence electrons. The summed E-state index contributed by atoms with van der Waals surface area (Å²) in [6.07, 6.45) is 7.40. The van der Waals surface area contributed by atoms with E-state index in [-0.39, 0.29) is 17.1 Å². The minimum Gasteiger partial charge on any atom is -0.494 e. The standard InChI is InChI=1S/C27H28ClFN4O/c1-16(31-26-21-4-3-5-24(34-2)25(21)32-27(28)33-26)14-17-6-8-18(9-7-17)20-12-13-30-23-11-10-19(29)15-22(20)23/h3-5,10-13,15-18H,6-9,14H2,1-2H3,(H,31,32,33)/t16?,17-,18+. The van der Waals surface area contributed by atoms with E-state index in [0.29, 0.717) is 23.1 Å². The number of ether oxygens (including phenoxy) is 1. The molecule has 4 aromatic rings. The summed E-state index contributed by atoms with van der Waals surface area (Å²) in [5.41, 5.74) is 2.80. The molecule has 5 nitrogen and oxygen atoms in total. The molecule has 7 heteroatoms. The van der Waals surface area contributed by atoms with Crippen LogP contribution in [0.3, 0.4) is 0 Å². The molecule has 1 fully saturated rings. The minimum absolute atomic E-state index is 0.202. The number of anilines is 1. The number of benzene rings is 2. The Bertz CT molecular complexity index is 1320. The molecule has 0 saturated heterocycles. The normalized spacial score (nSPS) is 19.3. The van der Waals surface area contributed by atoms with Gasteiger partial charge >= 0.3 is 0 Å². The van der Waals surface area contributed by atoms with Crippen LogP contribution in [-0.2, 0) is 0 Å². The second-order valence-corrected chi connectivity index (χ2v) is 9.60. The number of hydrogen-bond acceptors (Lipinski definition) is 5. The molecule has 1 unspecified atom stereocenters. The van der Waals surface area contributed by atoms with Gasteiger partial charge in [0.2, 0.25) is 5.28 Å². The van der Waals surface area contributed by atoms with Crippen LogP contribution in [-0.4, -0.2) is 28.1 Å². The summed E-state index contributed by atoms with van der Waals surface area (Å²) in [6, 6.07) is 13.0. The highest BCUT2D eigenvalue weighted by atomic mass is 35.5. The summed E-state index contributed by atoms with van der Waals surface area (Å²) in [6.45, 7) is 2.19. The Morgan fingerprint density at radius 1 is 1.09 bits per heavy atom. The Morgan fingerprint density at radius 3 is 2.71 bits per heavy atom. The van der Waals surface area contributed by atoms with Crippen LogP contribution < -0.4 is 10.1 Å². The van der Waals surface area contributed by atoms with E-state index in [1.807, 2.05) is 24.4 Å². The van der Waals surface area contributed by atoms with E-state index < -0.39 is 0 Å². The van der Waals surface area contributed by atoms with Crippen molar-refractivity contribution in [1.82, 2.24) is 15.0 Å². The van der Waals surface area contributed by atoms with Crippen LogP contribution in [0.4, 0.5) is 10.2 Å². The largest absolute Gasteiger partial charge is 0.494 e. The topological polar surface area (TPSA) is 59.9 Å². The number of methoxy groups -OCH3 is 1. The quantitative estimate of drug-likeness (QED) is 0.298. The van der Waals surface area contributed by atoms with E-state index in [9.17, 15) is 4.39 Å². The fourth-order valence-corrected chi connectivity index (χ4v) is 5.54. The number of nitrogens with zero attached hydrogens (tertiary/aromatic N) is 3. The number of halogens is 2. The van der Waals surface area contributed by atoms with Gasteiger partial charge in [0.25, 0.3) is 0 Å². The molecule has 1 N–H and O–H groups in total. The van der Waals surface area contributed by atoms with Crippen LogP contribution in [0.5, 0.6) is 5.75 Å². The fourth-order valence-electron chi connectivity index (χ4n) is 5.37. The number of fused-ring (bicyclic) bond motifs is 2. The van der Waals surface area contributed by atoms with Gasteiger partial charge in [-0.1, -0.05) is 6.07 Å². The molecular weight excluding hydrogens is 451 g/mol. The van der Waals surface area contributed by atoms with Crippen molar-refractivity contribution in [3.05, 3.63) is 65.3 Å². The summed E-state index contributed by atoms with van der Waals surface area (Å²) in [5, 5.41) is 5.61. The maximum atomic E-state index is 13.9. The van der Waals surface area contributed by atoms with Gasteiger partial charge in [-0.3, -0.25) is 4.98 Å². The van der Waals surface area contributed by atoms with Crippen LogP contribution >= 0.6 is 11.6 Å². The molecular formula is C27H28ClFN4O. The SMILES string of the molecule is COc1cccc2c(NC(C)C[C@H]3CC[C@@H](c4ccnc5ccc(F)cc54)CC3)nc(Cl)nc12. The molecule has 0 spiro atoms. The van der Waals surface area contributed by atoms with Gasteiger partial charge in [0.1, 0.15) is 22.9 Å². The van der Waals surface area contributed by atoms with Crippen LogP contribution in [0.1, 0.15) is 50.5 Å². The lowest BCUT2D eigenvalue weighted by Gasteiger charge is -2.31. The molecule has 2 aromatic carbocycles. The first kappa shape index (κ1) is 22.8. The van der Waals surface area contributed by atoms with E-state index in [0.717, 1.165) is 54.2 Å². The van der Waals surface area contributed by atoms with Crippen molar-refractivity contribution in [1.29, 1.82) is 0 Å². The highest BCUT2D eigenvalue weighted by Gasteiger charge is 2.25. The molecule has 0 bridgehead atoms. The third-order valence-corrected chi connectivity index (χ3v) is 7.15. The summed E-state index contributed by atoms with van der Waals surface area (Å²) in [7, 11) is 1.63. The highest BCUT2D eigenvalue weighted by molar-refractivity contribution is 6.29. The van der Waals surface area contributed by atoms with E-state index in [4.69, 9.17) is 16.3 Å². The number of nitrogens with one attached hydrogen (secondary N) is 1. The third kappa shape index (κ3) is 4.64.